The van der Waals surface area contributed by atoms with Crippen LogP contribution in [-0.2, 0) is 10.0 Å². The summed E-state index contributed by atoms with van der Waals surface area (Å²) >= 11 is 0. The fourth-order valence-corrected chi connectivity index (χ4v) is 4.03. The van der Waals surface area contributed by atoms with Crippen LogP contribution in [0.1, 0.15) is 10.6 Å². The molecule has 0 unspecified atom stereocenters. The molecule has 3 aromatic carbocycles. The molecule has 0 aliphatic rings. The van der Waals surface area contributed by atoms with Gasteiger partial charge in [0, 0.05) is 11.1 Å². The summed E-state index contributed by atoms with van der Waals surface area (Å²) in [5.41, 5.74) is 1.01. The SMILES string of the molecule is COc1ccc(NC(=O)c2cc3ccccc3o2)cc1NS(=O)(=O)c1ccc(F)cc1. The van der Waals surface area contributed by atoms with E-state index in [0.717, 1.165) is 29.7 Å². The van der Waals surface area contributed by atoms with E-state index in [1.165, 1.54) is 19.2 Å². The fourth-order valence-electron chi connectivity index (χ4n) is 2.97. The van der Waals surface area contributed by atoms with Gasteiger partial charge >= 0.3 is 0 Å². The molecule has 0 spiro atoms. The van der Waals surface area contributed by atoms with Gasteiger partial charge in [0.05, 0.1) is 17.7 Å². The molecule has 31 heavy (non-hydrogen) atoms. The highest BCUT2D eigenvalue weighted by Crippen LogP contribution is 2.30. The van der Waals surface area contributed by atoms with Crippen LogP contribution in [0.15, 0.2) is 82.1 Å². The number of nitrogens with one attached hydrogen (secondary N) is 2. The summed E-state index contributed by atoms with van der Waals surface area (Å²) in [6.45, 7) is 0. The van der Waals surface area contributed by atoms with Crippen molar-refractivity contribution >= 4 is 38.3 Å². The molecule has 158 valence electrons. The molecule has 0 saturated heterocycles. The Bertz CT molecular complexity index is 1330. The van der Waals surface area contributed by atoms with Crippen molar-refractivity contribution in [3.63, 3.8) is 0 Å². The van der Waals surface area contributed by atoms with Crippen molar-refractivity contribution in [2.75, 3.05) is 17.1 Å². The minimum Gasteiger partial charge on any atom is -0.495 e. The standard InChI is InChI=1S/C22H17FN2O5S/c1-29-20-11-8-16(24-22(26)21-12-14-4-2-3-5-19(14)30-21)13-18(20)25-31(27,28)17-9-6-15(23)7-10-17/h2-13,25H,1H3,(H,24,26). The largest absolute Gasteiger partial charge is 0.495 e. The second-order valence-corrected chi connectivity index (χ2v) is 8.26. The van der Waals surface area contributed by atoms with Gasteiger partial charge in [-0.3, -0.25) is 9.52 Å². The molecule has 4 aromatic rings. The zero-order valence-electron chi connectivity index (χ0n) is 16.3. The number of hydrogen-bond donors (Lipinski definition) is 2. The summed E-state index contributed by atoms with van der Waals surface area (Å²) < 4.78 is 51.6. The first-order chi connectivity index (χ1) is 14.9. The van der Waals surface area contributed by atoms with Crippen molar-refractivity contribution in [1.29, 1.82) is 0 Å². The summed E-state index contributed by atoms with van der Waals surface area (Å²) in [4.78, 5) is 12.5. The highest BCUT2D eigenvalue weighted by Gasteiger charge is 2.18. The minimum absolute atomic E-state index is 0.106. The van der Waals surface area contributed by atoms with Gasteiger partial charge in [0.1, 0.15) is 17.1 Å². The number of sulfonamides is 1. The molecule has 7 nitrogen and oxygen atoms in total. The third-order valence-corrected chi connectivity index (χ3v) is 5.86. The molecule has 1 heterocycles. The number of carbonyl (C=O) groups excluding carboxylic acids is 1. The van der Waals surface area contributed by atoms with Crippen LogP contribution in [0.2, 0.25) is 0 Å². The molecule has 0 bridgehead atoms. The number of rotatable bonds is 6. The topological polar surface area (TPSA) is 97.6 Å². The van der Waals surface area contributed by atoms with Gasteiger partial charge in [-0.05, 0) is 54.6 Å². The van der Waals surface area contributed by atoms with Gasteiger partial charge in [0.25, 0.3) is 15.9 Å². The third kappa shape index (κ3) is 4.36. The number of amides is 1. The molecule has 0 atom stereocenters. The number of benzene rings is 3. The molecule has 2 N–H and O–H groups in total. The van der Waals surface area contributed by atoms with Crippen LogP contribution in [0.25, 0.3) is 11.0 Å². The van der Waals surface area contributed by atoms with Crippen LogP contribution in [-0.4, -0.2) is 21.4 Å². The van der Waals surface area contributed by atoms with Crippen LogP contribution >= 0.6 is 0 Å². The molecule has 0 aliphatic carbocycles. The van der Waals surface area contributed by atoms with Crippen molar-refractivity contribution in [3.8, 4) is 5.75 Å². The highest BCUT2D eigenvalue weighted by molar-refractivity contribution is 7.92. The number of fused-ring (bicyclic) bond motifs is 1. The van der Waals surface area contributed by atoms with E-state index in [1.807, 2.05) is 12.1 Å². The molecule has 1 aromatic heterocycles. The number of furan rings is 1. The predicted octanol–water partition coefficient (Wildman–Crippen LogP) is 4.63. The maximum atomic E-state index is 13.1. The maximum Gasteiger partial charge on any atom is 0.291 e. The summed E-state index contributed by atoms with van der Waals surface area (Å²) in [7, 11) is -2.62. The zero-order valence-corrected chi connectivity index (χ0v) is 17.1. The Morgan fingerprint density at radius 3 is 2.45 bits per heavy atom. The lowest BCUT2D eigenvalue weighted by atomic mass is 10.2. The minimum atomic E-state index is -4.01. The van der Waals surface area contributed by atoms with E-state index in [9.17, 15) is 17.6 Å². The summed E-state index contributed by atoms with van der Waals surface area (Å²) in [6, 6.07) is 17.7. The second-order valence-electron chi connectivity index (χ2n) is 6.58. The van der Waals surface area contributed by atoms with Crippen LogP contribution < -0.4 is 14.8 Å². The summed E-state index contributed by atoms with van der Waals surface area (Å²) in [5, 5.41) is 3.46. The van der Waals surface area contributed by atoms with Gasteiger partial charge in [-0.15, -0.1) is 0 Å². The summed E-state index contributed by atoms with van der Waals surface area (Å²) in [6.07, 6.45) is 0. The first-order valence-corrected chi connectivity index (χ1v) is 10.6. The molecular formula is C22H17FN2O5S. The molecule has 0 fully saturated rings. The highest BCUT2D eigenvalue weighted by atomic mass is 32.2. The number of carbonyl (C=O) groups is 1. The first kappa shape index (κ1) is 20.4. The lowest BCUT2D eigenvalue weighted by Crippen LogP contribution is -2.15. The van der Waals surface area contributed by atoms with Crippen LogP contribution in [0.5, 0.6) is 5.75 Å². The average Bonchev–Trinajstić information content (AvgIpc) is 3.18. The van der Waals surface area contributed by atoms with E-state index in [1.54, 1.807) is 24.3 Å². The Hall–Kier alpha value is -3.85. The fraction of sp³-hybridized carbons (Fsp3) is 0.0455. The van der Waals surface area contributed by atoms with Gasteiger partial charge in [-0.25, -0.2) is 12.8 Å². The lowest BCUT2D eigenvalue weighted by Gasteiger charge is -2.14. The normalized spacial score (nSPS) is 11.3. The quantitative estimate of drug-likeness (QED) is 0.455. The Morgan fingerprint density at radius 2 is 1.74 bits per heavy atom. The Labute approximate surface area is 177 Å². The Kier molecular flexibility index (Phi) is 5.35. The molecule has 1 amide bonds. The van der Waals surface area contributed by atoms with Crippen LogP contribution in [0.3, 0.4) is 0 Å². The number of hydrogen-bond acceptors (Lipinski definition) is 5. The van der Waals surface area contributed by atoms with Crippen molar-refractivity contribution in [2.24, 2.45) is 0 Å². The van der Waals surface area contributed by atoms with E-state index >= 15 is 0 Å². The third-order valence-electron chi connectivity index (χ3n) is 4.47. The number of ether oxygens (including phenoxy) is 1. The lowest BCUT2D eigenvalue weighted by molar-refractivity contribution is 0.0998. The monoisotopic (exact) mass is 440 g/mol. The molecule has 0 radical (unpaired) electrons. The molecular weight excluding hydrogens is 423 g/mol. The zero-order chi connectivity index (χ0) is 22.0. The van der Waals surface area contributed by atoms with E-state index in [0.29, 0.717) is 11.3 Å². The van der Waals surface area contributed by atoms with Crippen molar-refractivity contribution < 1.29 is 26.8 Å². The van der Waals surface area contributed by atoms with Gasteiger partial charge in [-0.1, -0.05) is 18.2 Å². The van der Waals surface area contributed by atoms with E-state index in [2.05, 4.69) is 10.0 Å². The molecule has 0 aliphatic heterocycles. The number of methoxy groups -OCH3 is 1. The van der Waals surface area contributed by atoms with E-state index < -0.39 is 21.7 Å². The van der Waals surface area contributed by atoms with Gasteiger partial charge in [0.2, 0.25) is 0 Å². The van der Waals surface area contributed by atoms with E-state index in [4.69, 9.17) is 9.15 Å². The number of para-hydroxylation sites is 1. The average molecular weight is 440 g/mol. The van der Waals surface area contributed by atoms with Gasteiger partial charge in [-0.2, -0.15) is 0 Å². The summed E-state index contributed by atoms with van der Waals surface area (Å²) in [5.74, 6) is -0.682. The van der Waals surface area contributed by atoms with Crippen molar-refractivity contribution in [2.45, 2.75) is 4.90 Å². The predicted molar refractivity (Wildman–Crippen MR) is 114 cm³/mol. The van der Waals surface area contributed by atoms with E-state index in [-0.39, 0.29) is 22.1 Å². The van der Waals surface area contributed by atoms with Crippen molar-refractivity contribution in [3.05, 3.63) is 84.4 Å². The van der Waals surface area contributed by atoms with Gasteiger partial charge < -0.3 is 14.5 Å². The smallest absolute Gasteiger partial charge is 0.291 e. The molecule has 4 rings (SSSR count). The van der Waals surface area contributed by atoms with Crippen molar-refractivity contribution in [1.82, 2.24) is 0 Å². The molecule has 0 saturated carbocycles. The number of halogens is 1. The van der Waals surface area contributed by atoms with Gasteiger partial charge in [0.15, 0.2) is 5.76 Å². The second kappa shape index (κ2) is 8.11. The maximum absolute atomic E-state index is 13.1. The Balaban J connectivity index is 1.59. The number of anilines is 2. The van der Waals surface area contributed by atoms with Crippen LogP contribution in [0.4, 0.5) is 15.8 Å². The molecule has 9 heteroatoms. The Morgan fingerprint density at radius 1 is 1.00 bits per heavy atom. The van der Waals surface area contributed by atoms with Crippen LogP contribution in [0, 0.1) is 5.82 Å². The first-order valence-electron chi connectivity index (χ1n) is 9.12.